The van der Waals surface area contributed by atoms with Crippen LogP contribution in [0, 0.1) is 6.92 Å². The highest BCUT2D eigenvalue weighted by Gasteiger charge is 2.34. The number of benzene rings is 3. The summed E-state index contributed by atoms with van der Waals surface area (Å²) < 4.78 is 35.0. The van der Waals surface area contributed by atoms with Gasteiger partial charge in [0.05, 0.1) is 17.2 Å². The Labute approximate surface area is 253 Å². The lowest BCUT2D eigenvalue weighted by atomic mass is 10.1. The van der Waals surface area contributed by atoms with Crippen LogP contribution in [0.1, 0.15) is 50.7 Å². The third-order valence-electron chi connectivity index (χ3n) is 7.46. The second-order valence-corrected chi connectivity index (χ2v) is 12.8. The zero-order valence-electron chi connectivity index (χ0n) is 24.3. The van der Waals surface area contributed by atoms with Crippen molar-refractivity contribution >= 4 is 39.1 Å². The van der Waals surface area contributed by atoms with Crippen LogP contribution in [0.15, 0.2) is 77.7 Å². The lowest BCUT2D eigenvalue weighted by Gasteiger charge is -2.33. The number of ether oxygens (including phenoxy) is 1. The van der Waals surface area contributed by atoms with Gasteiger partial charge in [-0.3, -0.25) is 13.9 Å². The predicted molar refractivity (Wildman–Crippen MR) is 165 cm³/mol. The molecule has 2 amide bonds. The number of hydrogen-bond acceptors (Lipinski definition) is 5. The van der Waals surface area contributed by atoms with Crippen molar-refractivity contribution < 1.29 is 22.7 Å². The molecule has 1 aliphatic rings. The van der Waals surface area contributed by atoms with Crippen LogP contribution in [0.25, 0.3) is 0 Å². The number of anilines is 1. The van der Waals surface area contributed by atoms with E-state index >= 15 is 0 Å². The molecule has 0 saturated heterocycles. The van der Waals surface area contributed by atoms with E-state index in [1.165, 1.54) is 17.0 Å². The fraction of sp³-hybridized carbons (Fsp3) is 0.375. The first-order valence-corrected chi connectivity index (χ1v) is 16.1. The number of amides is 2. The minimum absolute atomic E-state index is 0.0449. The molecule has 1 N–H and O–H groups in total. The van der Waals surface area contributed by atoms with E-state index in [-0.39, 0.29) is 29.1 Å². The molecule has 0 aromatic heterocycles. The Kier molecular flexibility index (Phi) is 10.5. The molecule has 0 radical (unpaired) electrons. The Balaban J connectivity index is 1.72. The van der Waals surface area contributed by atoms with Gasteiger partial charge in [-0.25, -0.2) is 8.42 Å². The van der Waals surface area contributed by atoms with Crippen LogP contribution in [0.4, 0.5) is 5.69 Å². The maximum atomic E-state index is 14.2. The van der Waals surface area contributed by atoms with E-state index in [0.29, 0.717) is 17.4 Å². The average molecular weight is 612 g/mol. The molecule has 0 bridgehead atoms. The molecule has 4 rings (SSSR count). The summed E-state index contributed by atoms with van der Waals surface area (Å²) in [6, 6.07) is 19.4. The number of sulfonamides is 1. The standard InChI is InChI=1S/C32H38ClN3O5S/c1-4-41-30-12-8-7-11-29(30)36(42(39,40)28-19-13-23(2)14-20-28)22-31(37)35(21-25-15-17-26(33)18-16-25)24(3)32(38)34-27-9-5-6-10-27/h7-8,11-20,24,27H,4-6,9-10,21-22H2,1-3H3,(H,34,38)/t24-/m1/s1. The number of aryl methyl sites for hydroxylation is 1. The number of halogens is 1. The Hall–Kier alpha value is -3.56. The minimum Gasteiger partial charge on any atom is -0.492 e. The van der Waals surface area contributed by atoms with E-state index in [1.54, 1.807) is 74.5 Å². The summed E-state index contributed by atoms with van der Waals surface area (Å²) in [5, 5.41) is 3.62. The van der Waals surface area contributed by atoms with Crippen molar-refractivity contribution in [3.63, 3.8) is 0 Å². The number of rotatable bonds is 12. The highest BCUT2D eigenvalue weighted by molar-refractivity contribution is 7.92. The maximum Gasteiger partial charge on any atom is 0.264 e. The van der Waals surface area contributed by atoms with Gasteiger partial charge in [0.2, 0.25) is 11.8 Å². The maximum absolute atomic E-state index is 14.2. The molecule has 3 aromatic rings. The summed E-state index contributed by atoms with van der Waals surface area (Å²) >= 11 is 6.08. The van der Waals surface area contributed by atoms with Gasteiger partial charge in [0.1, 0.15) is 18.3 Å². The SMILES string of the molecule is CCOc1ccccc1N(CC(=O)N(Cc1ccc(Cl)cc1)[C@H](C)C(=O)NC1CCCC1)S(=O)(=O)c1ccc(C)cc1. The molecule has 42 heavy (non-hydrogen) atoms. The van der Waals surface area contributed by atoms with E-state index in [0.717, 1.165) is 41.1 Å². The van der Waals surface area contributed by atoms with Crippen LogP contribution in [-0.4, -0.2) is 50.4 Å². The quantitative estimate of drug-likeness (QED) is 0.283. The molecule has 1 aliphatic carbocycles. The number of hydrogen-bond donors (Lipinski definition) is 1. The number of nitrogens with one attached hydrogen (secondary N) is 1. The smallest absolute Gasteiger partial charge is 0.264 e. The molecule has 3 aromatic carbocycles. The summed E-state index contributed by atoms with van der Waals surface area (Å²) in [6.45, 7) is 5.22. The Morgan fingerprint density at radius 2 is 1.64 bits per heavy atom. The van der Waals surface area contributed by atoms with E-state index < -0.39 is 28.5 Å². The fourth-order valence-electron chi connectivity index (χ4n) is 5.05. The van der Waals surface area contributed by atoms with Crippen LogP contribution in [0.2, 0.25) is 5.02 Å². The summed E-state index contributed by atoms with van der Waals surface area (Å²) in [7, 11) is -4.20. The van der Waals surface area contributed by atoms with Crippen LogP contribution < -0.4 is 14.4 Å². The first-order chi connectivity index (χ1) is 20.1. The summed E-state index contributed by atoms with van der Waals surface area (Å²) in [5.74, 6) is -0.465. The van der Waals surface area contributed by atoms with Crippen LogP contribution in [0.3, 0.4) is 0 Å². The second-order valence-electron chi connectivity index (χ2n) is 10.5. The molecular weight excluding hydrogens is 574 g/mol. The lowest BCUT2D eigenvalue weighted by Crippen LogP contribution is -2.52. The minimum atomic E-state index is -4.20. The van der Waals surface area contributed by atoms with Crippen molar-refractivity contribution in [1.29, 1.82) is 0 Å². The Bertz CT molecular complexity index is 1470. The summed E-state index contributed by atoms with van der Waals surface area (Å²) in [4.78, 5) is 29.0. The Morgan fingerprint density at radius 1 is 1.00 bits per heavy atom. The van der Waals surface area contributed by atoms with Crippen molar-refractivity contribution in [2.24, 2.45) is 0 Å². The number of nitrogens with zero attached hydrogens (tertiary/aromatic N) is 2. The van der Waals surface area contributed by atoms with Crippen LogP contribution in [0.5, 0.6) is 5.75 Å². The van der Waals surface area contributed by atoms with Gasteiger partial charge in [0.15, 0.2) is 0 Å². The van der Waals surface area contributed by atoms with Crippen molar-refractivity contribution in [1.82, 2.24) is 10.2 Å². The third kappa shape index (κ3) is 7.63. The molecule has 0 spiro atoms. The van der Waals surface area contributed by atoms with Crippen LogP contribution >= 0.6 is 11.6 Å². The topological polar surface area (TPSA) is 96.0 Å². The molecule has 0 heterocycles. The van der Waals surface area contributed by atoms with Crippen molar-refractivity contribution in [3.8, 4) is 5.75 Å². The highest BCUT2D eigenvalue weighted by Crippen LogP contribution is 2.33. The van der Waals surface area contributed by atoms with Gasteiger partial charge >= 0.3 is 0 Å². The van der Waals surface area contributed by atoms with Crippen LogP contribution in [-0.2, 0) is 26.2 Å². The predicted octanol–water partition coefficient (Wildman–Crippen LogP) is 5.72. The molecule has 0 aliphatic heterocycles. The fourth-order valence-corrected chi connectivity index (χ4v) is 6.60. The second kappa shape index (κ2) is 14.1. The van der Waals surface area contributed by atoms with Crippen molar-refractivity contribution in [3.05, 3.63) is 88.9 Å². The number of carbonyl (C=O) groups is 2. The van der Waals surface area contributed by atoms with Gasteiger partial charge in [-0.15, -0.1) is 0 Å². The lowest BCUT2D eigenvalue weighted by molar-refractivity contribution is -0.139. The van der Waals surface area contributed by atoms with Gasteiger partial charge < -0.3 is 15.0 Å². The van der Waals surface area contributed by atoms with Gasteiger partial charge in [0.25, 0.3) is 10.0 Å². The van der Waals surface area contributed by atoms with Crippen molar-refractivity contribution in [2.45, 2.75) is 70.0 Å². The number of carbonyl (C=O) groups excluding carboxylic acids is 2. The van der Waals surface area contributed by atoms with E-state index in [4.69, 9.17) is 16.3 Å². The molecule has 1 atom stereocenters. The van der Waals surface area contributed by atoms with Gasteiger partial charge in [-0.05, 0) is 75.6 Å². The van der Waals surface area contributed by atoms with Gasteiger partial charge in [-0.1, -0.05) is 66.4 Å². The van der Waals surface area contributed by atoms with E-state index in [1.807, 2.05) is 6.92 Å². The molecule has 1 fully saturated rings. The summed E-state index contributed by atoms with van der Waals surface area (Å²) in [5.41, 5.74) is 1.90. The molecular formula is C32H38ClN3O5S. The van der Waals surface area contributed by atoms with Gasteiger partial charge in [0, 0.05) is 17.6 Å². The van der Waals surface area contributed by atoms with E-state index in [2.05, 4.69) is 5.32 Å². The Morgan fingerprint density at radius 3 is 2.29 bits per heavy atom. The van der Waals surface area contributed by atoms with Gasteiger partial charge in [-0.2, -0.15) is 0 Å². The first-order valence-electron chi connectivity index (χ1n) is 14.3. The zero-order chi connectivity index (χ0) is 30.3. The molecule has 1 saturated carbocycles. The van der Waals surface area contributed by atoms with E-state index in [9.17, 15) is 18.0 Å². The molecule has 224 valence electrons. The highest BCUT2D eigenvalue weighted by atomic mass is 35.5. The first kappa shape index (κ1) is 31.4. The average Bonchev–Trinajstić information content (AvgIpc) is 3.49. The summed E-state index contributed by atoms with van der Waals surface area (Å²) in [6.07, 6.45) is 3.91. The number of para-hydroxylation sites is 2. The molecule has 10 heteroatoms. The van der Waals surface area contributed by atoms with Crippen molar-refractivity contribution in [2.75, 3.05) is 17.5 Å². The third-order valence-corrected chi connectivity index (χ3v) is 9.48. The normalized spacial score (nSPS) is 14.3. The largest absolute Gasteiger partial charge is 0.492 e. The zero-order valence-corrected chi connectivity index (χ0v) is 25.8. The monoisotopic (exact) mass is 611 g/mol. The molecule has 8 nitrogen and oxygen atoms in total. The molecule has 0 unspecified atom stereocenters.